The summed E-state index contributed by atoms with van der Waals surface area (Å²) in [5.74, 6) is -0.825. The van der Waals surface area contributed by atoms with Crippen LogP contribution in [0.15, 0.2) is 42.5 Å². The molecule has 1 atom stereocenters. The van der Waals surface area contributed by atoms with E-state index >= 15 is 0 Å². The predicted octanol–water partition coefficient (Wildman–Crippen LogP) is 5.14. The van der Waals surface area contributed by atoms with Gasteiger partial charge in [0, 0.05) is 16.1 Å². The van der Waals surface area contributed by atoms with Crippen molar-refractivity contribution in [1.82, 2.24) is 0 Å². The molecule has 0 saturated heterocycles. The number of halogens is 4. The number of benzene rings is 2. The first-order valence-electron chi connectivity index (χ1n) is 5.41. The molecule has 0 amide bonds. The molecule has 4 heteroatoms. The lowest BCUT2D eigenvalue weighted by molar-refractivity contribution is 0.592. The summed E-state index contributed by atoms with van der Waals surface area (Å²) in [4.78, 5) is 0. The molecule has 0 radical (unpaired) electrons. The van der Waals surface area contributed by atoms with Crippen molar-refractivity contribution >= 4 is 23.2 Å². The van der Waals surface area contributed by atoms with E-state index in [0.29, 0.717) is 16.1 Å². The van der Waals surface area contributed by atoms with Crippen molar-refractivity contribution in [3.63, 3.8) is 0 Å². The lowest BCUT2D eigenvalue weighted by Crippen LogP contribution is -2.01. The van der Waals surface area contributed by atoms with Crippen molar-refractivity contribution in [2.24, 2.45) is 0 Å². The molecule has 0 aliphatic heterocycles. The SMILES string of the molecule is Fc1ccccc1C(Cl)Cc1c(F)cccc1Cl. The minimum Gasteiger partial charge on any atom is -0.207 e. The average molecular weight is 287 g/mol. The summed E-state index contributed by atoms with van der Waals surface area (Å²) >= 11 is 12.0. The van der Waals surface area contributed by atoms with E-state index in [1.807, 2.05) is 0 Å². The Morgan fingerprint density at radius 2 is 1.61 bits per heavy atom. The Morgan fingerprint density at radius 3 is 2.28 bits per heavy atom. The minimum absolute atomic E-state index is 0.147. The van der Waals surface area contributed by atoms with Gasteiger partial charge >= 0.3 is 0 Å². The normalized spacial score (nSPS) is 12.4. The molecular weight excluding hydrogens is 277 g/mol. The first-order valence-corrected chi connectivity index (χ1v) is 6.22. The molecule has 94 valence electrons. The first kappa shape index (κ1) is 13.3. The minimum atomic E-state index is -0.652. The Balaban J connectivity index is 2.27. The molecule has 2 aromatic carbocycles. The predicted molar refractivity (Wildman–Crippen MR) is 70.1 cm³/mol. The van der Waals surface area contributed by atoms with E-state index in [1.165, 1.54) is 18.2 Å². The van der Waals surface area contributed by atoms with Gasteiger partial charge in [-0.05, 0) is 24.6 Å². The Bertz CT molecular complexity index is 535. The van der Waals surface area contributed by atoms with E-state index in [0.717, 1.165) is 0 Å². The Hall–Kier alpha value is -1.12. The highest BCUT2D eigenvalue weighted by Gasteiger charge is 2.17. The van der Waals surface area contributed by atoms with Gasteiger partial charge in [-0.2, -0.15) is 0 Å². The largest absolute Gasteiger partial charge is 0.207 e. The fourth-order valence-corrected chi connectivity index (χ4v) is 2.32. The van der Waals surface area contributed by atoms with Gasteiger partial charge in [0.25, 0.3) is 0 Å². The van der Waals surface area contributed by atoms with Crippen LogP contribution in [-0.4, -0.2) is 0 Å². The standard InChI is InChI=1S/C14H10Cl2F2/c15-11-5-3-7-14(18)10(11)8-12(16)9-4-1-2-6-13(9)17/h1-7,12H,8H2. The van der Waals surface area contributed by atoms with Gasteiger partial charge in [0.1, 0.15) is 11.6 Å². The quantitative estimate of drug-likeness (QED) is 0.685. The van der Waals surface area contributed by atoms with E-state index in [2.05, 4.69) is 0 Å². The number of alkyl halides is 1. The van der Waals surface area contributed by atoms with Crippen LogP contribution in [0.1, 0.15) is 16.5 Å². The van der Waals surface area contributed by atoms with Gasteiger partial charge in [0.05, 0.1) is 5.38 Å². The topological polar surface area (TPSA) is 0 Å². The van der Waals surface area contributed by atoms with Gasteiger partial charge in [-0.25, -0.2) is 8.78 Å². The Morgan fingerprint density at radius 1 is 0.944 bits per heavy atom. The van der Waals surface area contributed by atoms with Crippen LogP contribution in [0.2, 0.25) is 5.02 Å². The summed E-state index contributed by atoms with van der Waals surface area (Å²) in [6.07, 6.45) is 0.147. The van der Waals surface area contributed by atoms with Crippen molar-refractivity contribution < 1.29 is 8.78 Å². The summed E-state index contributed by atoms with van der Waals surface area (Å²) in [5.41, 5.74) is 0.654. The summed E-state index contributed by atoms with van der Waals surface area (Å²) in [6.45, 7) is 0. The van der Waals surface area contributed by atoms with Crippen LogP contribution < -0.4 is 0 Å². The third-order valence-electron chi connectivity index (χ3n) is 2.69. The summed E-state index contributed by atoms with van der Waals surface area (Å²) in [5, 5.41) is -0.349. The number of rotatable bonds is 3. The zero-order valence-corrected chi connectivity index (χ0v) is 10.8. The highest BCUT2D eigenvalue weighted by Crippen LogP contribution is 2.30. The van der Waals surface area contributed by atoms with E-state index in [4.69, 9.17) is 23.2 Å². The molecule has 2 aromatic rings. The molecule has 0 aliphatic carbocycles. The van der Waals surface area contributed by atoms with E-state index in [9.17, 15) is 8.78 Å². The van der Waals surface area contributed by atoms with Crippen LogP contribution in [0.5, 0.6) is 0 Å². The van der Waals surface area contributed by atoms with Crippen molar-refractivity contribution in [2.75, 3.05) is 0 Å². The van der Waals surface area contributed by atoms with E-state index in [1.54, 1.807) is 24.3 Å². The third kappa shape index (κ3) is 2.82. The monoisotopic (exact) mass is 286 g/mol. The maximum Gasteiger partial charge on any atom is 0.127 e. The maximum atomic E-state index is 13.6. The molecule has 0 aromatic heterocycles. The Labute approximate surface area is 114 Å². The third-order valence-corrected chi connectivity index (χ3v) is 3.43. The van der Waals surface area contributed by atoms with Crippen molar-refractivity contribution in [1.29, 1.82) is 0 Å². The van der Waals surface area contributed by atoms with Gasteiger partial charge in [-0.15, -0.1) is 11.6 Å². The van der Waals surface area contributed by atoms with E-state index in [-0.39, 0.29) is 6.42 Å². The molecule has 2 rings (SSSR count). The molecule has 18 heavy (non-hydrogen) atoms. The average Bonchev–Trinajstić information content (AvgIpc) is 2.34. The number of hydrogen-bond donors (Lipinski definition) is 0. The number of hydrogen-bond acceptors (Lipinski definition) is 0. The van der Waals surface area contributed by atoms with Gasteiger partial charge in [0.2, 0.25) is 0 Å². The molecule has 0 spiro atoms. The zero-order valence-electron chi connectivity index (χ0n) is 9.34. The second kappa shape index (κ2) is 5.68. The molecule has 0 saturated carbocycles. The Kier molecular flexibility index (Phi) is 4.20. The van der Waals surface area contributed by atoms with Gasteiger partial charge < -0.3 is 0 Å². The smallest absolute Gasteiger partial charge is 0.127 e. The van der Waals surface area contributed by atoms with Crippen molar-refractivity contribution in [3.05, 3.63) is 70.2 Å². The van der Waals surface area contributed by atoms with Crippen LogP contribution >= 0.6 is 23.2 Å². The molecule has 1 unspecified atom stereocenters. The molecular formula is C14H10Cl2F2. The zero-order chi connectivity index (χ0) is 13.1. The summed E-state index contributed by atoms with van der Waals surface area (Å²) in [7, 11) is 0. The van der Waals surface area contributed by atoms with E-state index < -0.39 is 17.0 Å². The second-order valence-electron chi connectivity index (χ2n) is 3.89. The fraction of sp³-hybridized carbons (Fsp3) is 0.143. The van der Waals surface area contributed by atoms with Crippen LogP contribution in [0.3, 0.4) is 0 Å². The van der Waals surface area contributed by atoms with Gasteiger partial charge in [-0.1, -0.05) is 35.9 Å². The van der Waals surface area contributed by atoms with Crippen molar-refractivity contribution in [2.45, 2.75) is 11.8 Å². The fourth-order valence-electron chi connectivity index (χ4n) is 1.75. The summed E-state index contributed by atoms with van der Waals surface area (Å²) in [6, 6.07) is 10.6. The first-order chi connectivity index (χ1) is 8.59. The summed E-state index contributed by atoms with van der Waals surface area (Å²) < 4.78 is 27.1. The highest BCUT2D eigenvalue weighted by atomic mass is 35.5. The van der Waals surface area contributed by atoms with Crippen LogP contribution in [0.4, 0.5) is 8.78 Å². The van der Waals surface area contributed by atoms with Crippen LogP contribution in [0.25, 0.3) is 0 Å². The lowest BCUT2D eigenvalue weighted by Gasteiger charge is -2.12. The maximum absolute atomic E-state index is 13.6. The molecule has 0 nitrogen and oxygen atoms in total. The molecule has 0 heterocycles. The van der Waals surface area contributed by atoms with Gasteiger partial charge in [-0.3, -0.25) is 0 Å². The second-order valence-corrected chi connectivity index (χ2v) is 4.83. The van der Waals surface area contributed by atoms with Crippen LogP contribution in [0, 0.1) is 11.6 Å². The molecule has 0 aliphatic rings. The van der Waals surface area contributed by atoms with Gasteiger partial charge in [0.15, 0.2) is 0 Å². The highest BCUT2D eigenvalue weighted by molar-refractivity contribution is 6.31. The van der Waals surface area contributed by atoms with Crippen LogP contribution in [-0.2, 0) is 6.42 Å². The lowest BCUT2D eigenvalue weighted by atomic mass is 10.0. The molecule has 0 N–H and O–H groups in total. The van der Waals surface area contributed by atoms with Crippen molar-refractivity contribution in [3.8, 4) is 0 Å². The molecule has 0 bridgehead atoms. The molecule has 0 fully saturated rings.